The molecule has 0 saturated carbocycles. The lowest BCUT2D eigenvalue weighted by molar-refractivity contribution is 0.186. The molecule has 4 rings (SSSR count). The Labute approximate surface area is 145 Å². The molecule has 0 amide bonds. The number of hydrogen-bond donors (Lipinski definition) is 1. The van der Waals surface area contributed by atoms with E-state index < -0.39 is 0 Å². The average molecular weight is 347 g/mol. The van der Waals surface area contributed by atoms with Crippen molar-refractivity contribution in [3.8, 4) is 0 Å². The monoisotopic (exact) mass is 347 g/mol. The molecule has 1 aliphatic rings. The number of fused-ring (bicyclic) bond motifs is 1. The quantitative estimate of drug-likeness (QED) is 0.781. The van der Waals surface area contributed by atoms with Gasteiger partial charge < -0.3 is 18.9 Å². The first-order chi connectivity index (χ1) is 12.3. The summed E-state index contributed by atoms with van der Waals surface area (Å²) in [5, 5.41) is 13.9. The molecule has 3 heterocycles. The van der Waals surface area contributed by atoms with Gasteiger partial charge in [-0.2, -0.15) is 0 Å². The number of aliphatic hydroxyl groups is 1. The first-order valence-corrected chi connectivity index (χ1v) is 8.48. The fourth-order valence-corrected chi connectivity index (χ4v) is 3.13. The summed E-state index contributed by atoms with van der Waals surface area (Å²) in [6, 6.07) is 4.61. The maximum atomic E-state index is 13.1. The molecular formula is C18H22FN3O3. The number of likely N-dealkylation sites (tertiary alicyclic amines) is 1. The van der Waals surface area contributed by atoms with Crippen molar-refractivity contribution >= 4 is 11.0 Å². The lowest BCUT2D eigenvalue weighted by atomic mass is 9.91. The number of benzene rings is 1. The molecule has 1 saturated heterocycles. The Kier molecular flexibility index (Phi) is 6.14. The Bertz CT molecular complexity index is 735. The van der Waals surface area contributed by atoms with Gasteiger partial charge in [0.1, 0.15) is 12.1 Å². The molecule has 134 valence electrons. The third-order valence-corrected chi connectivity index (χ3v) is 4.42. The summed E-state index contributed by atoms with van der Waals surface area (Å²) < 4.78 is 22.9. The number of aromatic nitrogens is 2. The van der Waals surface area contributed by atoms with E-state index in [1.165, 1.54) is 24.8 Å². The largest absolute Gasteiger partial charge is 0.452 e. The summed E-state index contributed by atoms with van der Waals surface area (Å²) in [5.41, 5.74) is 1.49. The molecule has 2 aromatic heterocycles. The second kappa shape index (κ2) is 8.73. The highest BCUT2D eigenvalue weighted by Gasteiger charge is 2.24. The van der Waals surface area contributed by atoms with Gasteiger partial charge in [-0.25, -0.2) is 9.37 Å². The van der Waals surface area contributed by atoms with Crippen LogP contribution < -0.4 is 0 Å². The molecule has 1 aromatic carbocycles. The number of nitrogens with zero attached hydrogens (tertiary/aromatic N) is 3. The van der Waals surface area contributed by atoms with Gasteiger partial charge in [0.2, 0.25) is 0 Å². The third-order valence-electron chi connectivity index (χ3n) is 4.42. The highest BCUT2D eigenvalue weighted by atomic mass is 19.1. The van der Waals surface area contributed by atoms with Gasteiger partial charge in [-0.15, -0.1) is 0 Å². The number of piperidine rings is 1. The van der Waals surface area contributed by atoms with Crippen molar-refractivity contribution in [3.63, 3.8) is 0 Å². The van der Waals surface area contributed by atoms with Crippen molar-refractivity contribution in [2.24, 2.45) is 0 Å². The maximum absolute atomic E-state index is 13.1. The zero-order valence-electron chi connectivity index (χ0n) is 14.0. The summed E-state index contributed by atoms with van der Waals surface area (Å²) in [4.78, 5) is 5.93. The molecule has 1 aliphatic heterocycles. The highest BCUT2D eigenvalue weighted by molar-refractivity contribution is 5.79. The van der Waals surface area contributed by atoms with Crippen LogP contribution >= 0.6 is 0 Å². The molecule has 0 atom stereocenters. The molecule has 0 aliphatic carbocycles. The Hall–Kier alpha value is -2.25. The fraction of sp³-hybridized carbons (Fsp3) is 0.444. The molecule has 25 heavy (non-hydrogen) atoms. The van der Waals surface area contributed by atoms with Crippen LogP contribution in [-0.4, -0.2) is 46.4 Å². The number of oxazole rings is 1. The van der Waals surface area contributed by atoms with Gasteiger partial charge in [-0.05, 0) is 44.5 Å². The van der Waals surface area contributed by atoms with Crippen molar-refractivity contribution in [2.45, 2.75) is 25.2 Å². The van der Waals surface area contributed by atoms with E-state index in [4.69, 9.17) is 9.63 Å². The molecule has 3 aromatic rings. The summed E-state index contributed by atoms with van der Waals surface area (Å²) in [7, 11) is 0. The van der Waals surface area contributed by atoms with Crippen molar-refractivity contribution in [1.82, 2.24) is 15.0 Å². The van der Waals surface area contributed by atoms with Crippen LogP contribution in [0.2, 0.25) is 0 Å². The van der Waals surface area contributed by atoms with Gasteiger partial charge in [0.25, 0.3) is 0 Å². The maximum Gasteiger partial charge on any atom is 0.180 e. The smallest absolute Gasteiger partial charge is 0.180 e. The number of rotatable bonds is 4. The third kappa shape index (κ3) is 4.64. The van der Waals surface area contributed by atoms with Crippen LogP contribution in [0.15, 0.2) is 46.0 Å². The van der Waals surface area contributed by atoms with E-state index in [9.17, 15) is 4.39 Å². The molecule has 1 N–H and O–H groups in total. The molecule has 1 fully saturated rings. The van der Waals surface area contributed by atoms with Crippen molar-refractivity contribution in [2.75, 3.05) is 26.2 Å². The van der Waals surface area contributed by atoms with Crippen LogP contribution in [0.5, 0.6) is 0 Å². The predicted molar refractivity (Wildman–Crippen MR) is 90.6 cm³/mol. The van der Waals surface area contributed by atoms with Gasteiger partial charge in [-0.3, -0.25) is 0 Å². The molecule has 6 nitrogen and oxygen atoms in total. The first-order valence-electron chi connectivity index (χ1n) is 8.48. The Morgan fingerprint density at radius 3 is 2.76 bits per heavy atom. The average Bonchev–Trinajstić information content (AvgIpc) is 3.33. The fourth-order valence-electron chi connectivity index (χ4n) is 3.13. The Balaban J connectivity index is 0.000000314. The number of aliphatic hydroxyl groups excluding tert-OH is 1. The van der Waals surface area contributed by atoms with E-state index >= 15 is 0 Å². The Morgan fingerprint density at radius 2 is 2.12 bits per heavy atom. The Morgan fingerprint density at radius 1 is 1.28 bits per heavy atom. The van der Waals surface area contributed by atoms with Gasteiger partial charge in [0, 0.05) is 30.5 Å². The first kappa shape index (κ1) is 17.6. The molecule has 0 unspecified atom stereocenters. The van der Waals surface area contributed by atoms with Gasteiger partial charge in [0.15, 0.2) is 12.0 Å². The highest BCUT2D eigenvalue weighted by Crippen LogP contribution is 2.32. The SMILES string of the molecule is OCCCN1CCC(c2noc3cc(F)ccc23)CC1.c1cocn1. The van der Waals surface area contributed by atoms with E-state index in [0.717, 1.165) is 50.0 Å². The van der Waals surface area contributed by atoms with E-state index in [0.29, 0.717) is 11.5 Å². The van der Waals surface area contributed by atoms with Gasteiger partial charge in [-0.1, -0.05) is 5.16 Å². The van der Waals surface area contributed by atoms with Crippen LogP contribution in [0.4, 0.5) is 4.39 Å². The molecular weight excluding hydrogens is 325 g/mol. The molecule has 0 spiro atoms. The van der Waals surface area contributed by atoms with Crippen LogP contribution in [0.1, 0.15) is 30.9 Å². The molecule has 0 bridgehead atoms. The van der Waals surface area contributed by atoms with Gasteiger partial charge in [0.05, 0.1) is 11.9 Å². The predicted octanol–water partition coefficient (Wildman–Crippen LogP) is 3.20. The van der Waals surface area contributed by atoms with E-state index in [2.05, 4.69) is 19.5 Å². The molecule has 7 heteroatoms. The number of hydrogen-bond acceptors (Lipinski definition) is 6. The molecule has 0 radical (unpaired) electrons. The minimum absolute atomic E-state index is 0.249. The van der Waals surface area contributed by atoms with E-state index in [1.54, 1.807) is 12.3 Å². The van der Waals surface area contributed by atoms with Crippen molar-refractivity contribution in [3.05, 3.63) is 48.6 Å². The van der Waals surface area contributed by atoms with E-state index in [-0.39, 0.29) is 12.4 Å². The van der Waals surface area contributed by atoms with Crippen LogP contribution in [0, 0.1) is 5.82 Å². The van der Waals surface area contributed by atoms with Crippen molar-refractivity contribution in [1.29, 1.82) is 0 Å². The summed E-state index contributed by atoms with van der Waals surface area (Å²) in [6.45, 7) is 3.23. The summed E-state index contributed by atoms with van der Waals surface area (Å²) in [5.74, 6) is 0.0890. The summed E-state index contributed by atoms with van der Waals surface area (Å²) >= 11 is 0. The van der Waals surface area contributed by atoms with Gasteiger partial charge >= 0.3 is 0 Å². The second-order valence-electron chi connectivity index (χ2n) is 6.08. The standard InChI is InChI=1S/C15H19FN2O2.C3H3NO/c16-12-2-3-13-14(10-12)20-17-15(13)11-4-7-18(8-5-11)6-1-9-19;1-2-5-3-4-1/h2-3,10-11,19H,1,4-9H2;1-3H. The minimum Gasteiger partial charge on any atom is -0.452 e. The normalized spacial score (nSPS) is 15.9. The second-order valence-corrected chi connectivity index (χ2v) is 6.08. The van der Waals surface area contributed by atoms with Crippen LogP contribution in [-0.2, 0) is 0 Å². The summed E-state index contributed by atoms with van der Waals surface area (Å²) in [6.07, 6.45) is 7.37. The zero-order chi connectivity index (χ0) is 17.5. The van der Waals surface area contributed by atoms with Crippen LogP contribution in [0.25, 0.3) is 11.0 Å². The lowest BCUT2D eigenvalue weighted by Crippen LogP contribution is -2.34. The number of halogens is 1. The van der Waals surface area contributed by atoms with Crippen LogP contribution in [0.3, 0.4) is 0 Å². The minimum atomic E-state index is -0.293. The zero-order valence-corrected chi connectivity index (χ0v) is 14.0. The van der Waals surface area contributed by atoms with Crippen molar-refractivity contribution < 1.29 is 18.4 Å². The lowest BCUT2D eigenvalue weighted by Gasteiger charge is -2.30. The topological polar surface area (TPSA) is 75.5 Å². The van der Waals surface area contributed by atoms with E-state index in [1.807, 2.05) is 0 Å².